The zero-order valence-corrected chi connectivity index (χ0v) is 17.0. The summed E-state index contributed by atoms with van der Waals surface area (Å²) in [5.41, 5.74) is 2.69. The molecule has 4 rings (SSSR count). The molecule has 9 nitrogen and oxygen atoms in total. The molecule has 0 atom stereocenters. The zero-order valence-electron chi connectivity index (χ0n) is 16.3. The highest BCUT2D eigenvalue weighted by Crippen LogP contribution is 2.33. The molecule has 0 bridgehead atoms. The third-order valence-corrected chi connectivity index (χ3v) is 4.91. The summed E-state index contributed by atoms with van der Waals surface area (Å²) >= 11 is 6.11. The fraction of sp³-hybridized carbons (Fsp3) is 0.200. The summed E-state index contributed by atoms with van der Waals surface area (Å²) in [6.45, 7) is 2.29. The Kier molecular flexibility index (Phi) is 5.28. The number of hydrogen-bond donors (Lipinski definition) is 1. The van der Waals surface area contributed by atoms with Crippen LogP contribution in [0.15, 0.2) is 42.5 Å². The standard InChI is InChI=1S/C20H18ClN5O4/c1-3-26(20(28)30-16-7-5-4-6-14(16)21)18-17(23-24-25(18)2)12-8-9-15-13(10-12)11-29-19(27)22-15/h4-10H,3,11H2,1-2H3,(H,22,27). The average Bonchev–Trinajstić information content (AvgIpc) is 3.11. The zero-order chi connectivity index (χ0) is 21.3. The minimum atomic E-state index is -0.606. The Morgan fingerprint density at radius 3 is 2.90 bits per heavy atom. The molecule has 1 N–H and O–H groups in total. The van der Waals surface area contributed by atoms with Crippen LogP contribution in [-0.2, 0) is 18.4 Å². The summed E-state index contributed by atoms with van der Waals surface area (Å²) < 4.78 is 12.0. The van der Waals surface area contributed by atoms with Gasteiger partial charge in [0.1, 0.15) is 12.3 Å². The van der Waals surface area contributed by atoms with Crippen LogP contribution in [0, 0.1) is 0 Å². The number of cyclic esters (lactones) is 1. The van der Waals surface area contributed by atoms with E-state index in [1.165, 1.54) is 9.58 Å². The maximum atomic E-state index is 12.9. The van der Waals surface area contributed by atoms with Crippen LogP contribution in [0.5, 0.6) is 5.75 Å². The lowest BCUT2D eigenvalue weighted by Crippen LogP contribution is -2.35. The summed E-state index contributed by atoms with van der Waals surface area (Å²) in [4.78, 5) is 25.7. The molecule has 0 radical (unpaired) electrons. The van der Waals surface area contributed by atoms with E-state index in [4.69, 9.17) is 21.1 Å². The van der Waals surface area contributed by atoms with Gasteiger partial charge in [-0.15, -0.1) is 5.10 Å². The summed E-state index contributed by atoms with van der Waals surface area (Å²) in [7, 11) is 1.69. The molecule has 10 heteroatoms. The van der Waals surface area contributed by atoms with Crippen molar-refractivity contribution in [1.82, 2.24) is 15.0 Å². The van der Waals surface area contributed by atoms with Crippen molar-refractivity contribution < 1.29 is 19.1 Å². The number of carbonyl (C=O) groups excluding carboxylic acids is 2. The van der Waals surface area contributed by atoms with Crippen LogP contribution in [-0.4, -0.2) is 33.7 Å². The van der Waals surface area contributed by atoms with E-state index in [-0.39, 0.29) is 12.4 Å². The number of carbonyl (C=O) groups is 2. The minimum Gasteiger partial charge on any atom is -0.444 e. The Balaban J connectivity index is 1.68. The second-order valence-electron chi connectivity index (χ2n) is 6.50. The topological polar surface area (TPSA) is 98.6 Å². The number of nitrogens with zero attached hydrogens (tertiary/aromatic N) is 4. The smallest absolute Gasteiger partial charge is 0.421 e. The number of nitrogens with one attached hydrogen (secondary N) is 1. The van der Waals surface area contributed by atoms with Crippen LogP contribution < -0.4 is 15.0 Å². The van der Waals surface area contributed by atoms with Gasteiger partial charge in [0.2, 0.25) is 0 Å². The molecule has 0 saturated carbocycles. The number of hydrogen-bond acceptors (Lipinski definition) is 6. The molecule has 1 aliphatic rings. The molecule has 2 aromatic carbocycles. The monoisotopic (exact) mass is 427 g/mol. The summed E-state index contributed by atoms with van der Waals surface area (Å²) in [5.74, 6) is 0.733. The van der Waals surface area contributed by atoms with Gasteiger partial charge < -0.3 is 9.47 Å². The molecule has 2 amide bonds. The third kappa shape index (κ3) is 3.67. The number of anilines is 2. The van der Waals surface area contributed by atoms with Gasteiger partial charge in [-0.3, -0.25) is 10.2 Å². The molecule has 154 valence electrons. The normalized spacial score (nSPS) is 12.6. The average molecular weight is 428 g/mol. The Morgan fingerprint density at radius 2 is 2.13 bits per heavy atom. The van der Waals surface area contributed by atoms with Crippen LogP contribution in [0.4, 0.5) is 21.1 Å². The van der Waals surface area contributed by atoms with Crippen LogP contribution in [0.25, 0.3) is 11.3 Å². The lowest BCUT2D eigenvalue weighted by Gasteiger charge is -2.22. The molecular weight excluding hydrogens is 410 g/mol. The highest BCUT2D eigenvalue weighted by molar-refractivity contribution is 6.32. The van der Waals surface area contributed by atoms with Gasteiger partial charge in [0.15, 0.2) is 11.6 Å². The van der Waals surface area contributed by atoms with E-state index < -0.39 is 12.2 Å². The van der Waals surface area contributed by atoms with Crippen molar-refractivity contribution >= 4 is 35.3 Å². The van der Waals surface area contributed by atoms with Crippen molar-refractivity contribution in [2.75, 3.05) is 16.8 Å². The predicted molar refractivity (Wildman–Crippen MR) is 111 cm³/mol. The molecule has 0 saturated heterocycles. The van der Waals surface area contributed by atoms with Gasteiger partial charge in [0, 0.05) is 24.7 Å². The first-order chi connectivity index (χ1) is 14.5. The summed E-state index contributed by atoms with van der Waals surface area (Å²) in [6, 6.07) is 12.2. The summed E-state index contributed by atoms with van der Waals surface area (Å²) in [5, 5.41) is 11.3. The molecular formula is C20H18ClN5O4. The first-order valence-electron chi connectivity index (χ1n) is 9.18. The molecule has 1 aliphatic heterocycles. The number of para-hydroxylation sites is 1. The van der Waals surface area contributed by atoms with E-state index in [1.807, 2.05) is 13.0 Å². The second kappa shape index (κ2) is 8.03. The molecule has 3 aromatic rings. The Morgan fingerprint density at radius 1 is 1.33 bits per heavy atom. The van der Waals surface area contributed by atoms with Crippen molar-refractivity contribution in [2.24, 2.45) is 7.05 Å². The molecule has 2 heterocycles. The fourth-order valence-corrected chi connectivity index (χ4v) is 3.33. The molecule has 0 aliphatic carbocycles. The van der Waals surface area contributed by atoms with Crippen LogP contribution in [0.1, 0.15) is 12.5 Å². The van der Waals surface area contributed by atoms with E-state index >= 15 is 0 Å². The van der Waals surface area contributed by atoms with Crippen molar-refractivity contribution in [2.45, 2.75) is 13.5 Å². The number of aromatic nitrogens is 3. The van der Waals surface area contributed by atoms with Gasteiger partial charge in [-0.1, -0.05) is 35.0 Å². The van der Waals surface area contributed by atoms with Gasteiger partial charge in [0.05, 0.1) is 10.7 Å². The molecule has 0 spiro atoms. The lowest BCUT2D eigenvalue weighted by molar-refractivity contribution is 0.151. The molecule has 0 unspecified atom stereocenters. The van der Waals surface area contributed by atoms with E-state index in [1.54, 1.807) is 43.4 Å². The van der Waals surface area contributed by atoms with Gasteiger partial charge in [-0.25, -0.2) is 14.3 Å². The number of aryl methyl sites for hydroxylation is 1. The number of fused-ring (bicyclic) bond motifs is 1. The maximum Gasteiger partial charge on any atom is 0.421 e. The van der Waals surface area contributed by atoms with Gasteiger partial charge in [-0.05, 0) is 31.2 Å². The second-order valence-corrected chi connectivity index (χ2v) is 6.91. The first-order valence-corrected chi connectivity index (χ1v) is 9.56. The third-order valence-electron chi connectivity index (χ3n) is 4.60. The van der Waals surface area contributed by atoms with E-state index in [2.05, 4.69) is 15.6 Å². The quantitative estimate of drug-likeness (QED) is 0.669. The number of amides is 2. The van der Waals surface area contributed by atoms with Crippen molar-refractivity contribution in [3.05, 3.63) is 53.1 Å². The SMILES string of the molecule is CCN(C(=O)Oc1ccccc1Cl)c1c(-c2ccc3c(c2)COC(=O)N3)nnn1C. The van der Waals surface area contributed by atoms with Gasteiger partial charge >= 0.3 is 12.2 Å². The lowest BCUT2D eigenvalue weighted by atomic mass is 10.1. The van der Waals surface area contributed by atoms with Crippen LogP contribution in [0.3, 0.4) is 0 Å². The highest BCUT2D eigenvalue weighted by atomic mass is 35.5. The van der Waals surface area contributed by atoms with Crippen molar-refractivity contribution in [1.29, 1.82) is 0 Å². The Labute approximate surface area is 177 Å². The van der Waals surface area contributed by atoms with Crippen LogP contribution >= 0.6 is 11.6 Å². The Bertz CT molecular complexity index is 1130. The largest absolute Gasteiger partial charge is 0.444 e. The van der Waals surface area contributed by atoms with Crippen LogP contribution in [0.2, 0.25) is 5.02 Å². The summed E-state index contributed by atoms with van der Waals surface area (Å²) in [6.07, 6.45) is -1.10. The molecule has 1 aromatic heterocycles. The van der Waals surface area contributed by atoms with Crippen molar-refractivity contribution in [3.63, 3.8) is 0 Å². The van der Waals surface area contributed by atoms with E-state index in [0.29, 0.717) is 28.8 Å². The highest BCUT2D eigenvalue weighted by Gasteiger charge is 2.26. The minimum absolute atomic E-state index is 0.149. The van der Waals surface area contributed by atoms with Crippen molar-refractivity contribution in [3.8, 4) is 17.0 Å². The number of halogens is 1. The molecule has 30 heavy (non-hydrogen) atoms. The fourth-order valence-electron chi connectivity index (χ4n) is 3.16. The Hall–Kier alpha value is -3.59. The van der Waals surface area contributed by atoms with Gasteiger partial charge in [-0.2, -0.15) is 0 Å². The number of rotatable bonds is 4. The predicted octanol–water partition coefficient (Wildman–Crippen LogP) is 4.22. The number of benzene rings is 2. The molecule has 0 fully saturated rings. The van der Waals surface area contributed by atoms with Gasteiger partial charge in [0.25, 0.3) is 0 Å². The van der Waals surface area contributed by atoms with E-state index in [9.17, 15) is 9.59 Å². The van der Waals surface area contributed by atoms with E-state index in [0.717, 1.165) is 11.1 Å². The maximum absolute atomic E-state index is 12.9. The number of ether oxygens (including phenoxy) is 2. The first kappa shape index (κ1) is 19.7.